The summed E-state index contributed by atoms with van der Waals surface area (Å²) in [7, 11) is 0. The van der Waals surface area contributed by atoms with Crippen LogP contribution in [0.25, 0.3) is 0 Å². The average molecular weight is 286 g/mol. The molecule has 2 N–H and O–H groups in total. The van der Waals surface area contributed by atoms with Crippen LogP contribution < -0.4 is 10.6 Å². The zero-order chi connectivity index (χ0) is 14.5. The molecule has 0 saturated carbocycles. The molecule has 2 aromatic rings. The molecule has 4 nitrogen and oxygen atoms in total. The molecule has 0 fully saturated rings. The van der Waals surface area contributed by atoms with E-state index in [-0.39, 0.29) is 0 Å². The molecule has 0 amide bonds. The van der Waals surface area contributed by atoms with Crippen molar-refractivity contribution in [1.82, 2.24) is 9.97 Å². The van der Waals surface area contributed by atoms with Crippen LogP contribution >= 0.6 is 12.2 Å². The Morgan fingerprint density at radius 3 is 2.65 bits per heavy atom. The van der Waals surface area contributed by atoms with Crippen LogP contribution in [-0.2, 0) is 6.54 Å². The topological polar surface area (TPSA) is 55.0 Å². The Labute approximate surface area is 124 Å². The Hall–Kier alpha value is -2.01. The van der Waals surface area contributed by atoms with Crippen molar-refractivity contribution in [3.8, 4) is 0 Å². The number of nitrogens with two attached hydrogens (primary N) is 1. The maximum atomic E-state index is 5.85. The number of hydrogen-bond donors (Lipinski definition) is 1. The summed E-state index contributed by atoms with van der Waals surface area (Å²) < 4.78 is 0. The predicted octanol–water partition coefficient (Wildman–Crippen LogP) is 2.45. The highest BCUT2D eigenvalue weighted by Crippen LogP contribution is 2.22. The molecule has 0 unspecified atom stereocenters. The minimum absolute atomic E-state index is 0.380. The lowest BCUT2D eigenvalue weighted by atomic mass is 10.1. The van der Waals surface area contributed by atoms with E-state index in [1.807, 2.05) is 31.2 Å². The Bertz CT molecular complexity index is 598. The van der Waals surface area contributed by atoms with E-state index in [9.17, 15) is 0 Å². The third kappa shape index (κ3) is 3.11. The molecule has 0 spiro atoms. The number of pyridine rings is 2. The third-order valence-electron chi connectivity index (χ3n) is 3.15. The second kappa shape index (κ2) is 6.43. The van der Waals surface area contributed by atoms with Crippen molar-refractivity contribution in [2.45, 2.75) is 20.4 Å². The fraction of sp³-hybridized carbons (Fsp3) is 0.267. The quantitative estimate of drug-likeness (QED) is 0.856. The zero-order valence-corrected chi connectivity index (χ0v) is 12.5. The molecular weight excluding hydrogens is 268 g/mol. The highest BCUT2D eigenvalue weighted by molar-refractivity contribution is 7.80. The molecule has 0 bridgehead atoms. The lowest BCUT2D eigenvalue weighted by molar-refractivity contribution is 0.792. The second-order valence-corrected chi connectivity index (χ2v) is 4.97. The summed E-state index contributed by atoms with van der Waals surface area (Å²) in [6.45, 7) is 5.57. The van der Waals surface area contributed by atoms with Crippen molar-refractivity contribution < 1.29 is 0 Å². The highest BCUT2D eigenvalue weighted by atomic mass is 32.1. The number of aromatic nitrogens is 2. The van der Waals surface area contributed by atoms with Gasteiger partial charge >= 0.3 is 0 Å². The fourth-order valence-corrected chi connectivity index (χ4v) is 2.36. The summed E-state index contributed by atoms with van der Waals surface area (Å²) in [4.78, 5) is 11.3. The maximum absolute atomic E-state index is 5.85. The van der Waals surface area contributed by atoms with Gasteiger partial charge in [0.1, 0.15) is 10.8 Å². The van der Waals surface area contributed by atoms with Crippen molar-refractivity contribution in [3.63, 3.8) is 0 Å². The van der Waals surface area contributed by atoms with Crippen molar-refractivity contribution in [2.24, 2.45) is 5.73 Å². The van der Waals surface area contributed by atoms with Crippen LogP contribution in [0.4, 0.5) is 5.82 Å². The van der Waals surface area contributed by atoms with Crippen LogP contribution in [0.3, 0.4) is 0 Å². The zero-order valence-electron chi connectivity index (χ0n) is 11.7. The predicted molar refractivity (Wildman–Crippen MR) is 85.8 cm³/mol. The molecule has 0 atom stereocenters. The van der Waals surface area contributed by atoms with Gasteiger partial charge in [-0.25, -0.2) is 4.98 Å². The third-order valence-corrected chi connectivity index (χ3v) is 3.35. The molecule has 104 valence electrons. The SMILES string of the molecule is CCN(Cc1ccccn1)c1nccc(C)c1C(N)=S. The summed E-state index contributed by atoms with van der Waals surface area (Å²) in [5, 5.41) is 0. The van der Waals surface area contributed by atoms with Gasteiger partial charge in [-0.2, -0.15) is 0 Å². The van der Waals surface area contributed by atoms with Gasteiger partial charge < -0.3 is 10.6 Å². The summed E-state index contributed by atoms with van der Waals surface area (Å²) in [6, 6.07) is 7.81. The monoisotopic (exact) mass is 286 g/mol. The minimum atomic E-state index is 0.380. The number of thiocarbonyl (C=S) groups is 1. The van der Waals surface area contributed by atoms with E-state index in [1.54, 1.807) is 12.4 Å². The van der Waals surface area contributed by atoms with Crippen LogP contribution in [0.1, 0.15) is 23.7 Å². The van der Waals surface area contributed by atoms with E-state index < -0.39 is 0 Å². The highest BCUT2D eigenvalue weighted by Gasteiger charge is 2.16. The van der Waals surface area contributed by atoms with Crippen molar-refractivity contribution >= 4 is 23.0 Å². The molecule has 0 aliphatic carbocycles. The Kier molecular flexibility index (Phi) is 4.63. The number of rotatable bonds is 5. The van der Waals surface area contributed by atoms with E-state index in [1.165, 1.54) is 0 Å². The van der Waals surface area contributed by atoms with E-state index in [4.69, 9.17) is 18.0 Å². The van der Waals surface area contributed by atoms with Gasteiger partial charge in [0, 0.05) is 18.9 Å². The lowest BCUT2D eigenvalue weighted by Gasteiger charge is -2.24. The molecule has 2 aromatic heterocycles. The lowest BCUT2D eigenvalue weighted by Crippen LogP contribution is -2.27. The number of hydrogen-bond acceptors (Lipinski definition) is 4. The number of nitrogens with zero attached hydrogens (tertiary/aromatic N) is 3. The van der Waals surface area contributed by atoms with Crippen LogP contribution in [0, 0.1) is 6.92 Å². The average Bonchev–Trinajstić information content (AvgIpc) is 2.45. The normalized spacial score (nSPS) is 10.3. The molecule has 20 heavy (non-hydrogen) atoms. The van der Waals surface area contributed by atoms with Crippen LogP contribution in [0.5, 0.6) is 0 Å². The number of anilines is 1. The molecule has 0 radical (unpaired) electrons. The van der Waals surface area contributed by atoms with Crippen LogP contribution in [-0.4, -0.2) is 21.5 Å². The smallest absolute Gasteiger partial charge is 0.139 e. The van der Waals surface area contributed by atoms with Gasteiger partial charge in [-0.1, -0.05) is 18.3 Å². The molecular formula is C15H18N4S. The second-order valence-electron chi connectivity index (χ2n) is 4.53. The van der Waals surface area contributed by atoms with Gasteiger partial charge in [0.15, 0.2) is 0 Å². The Morgan fingerprint density at radius 1 is 1.25 bits per heavy atom. The molecule has 0 aliphatic rings. The summed E-state index contributed by atoms with van der Waals surface area (Å²) in [5.74, 6) is 0.825. The maximum Gasteiger partial charge on any atom is 0.139 e. The summed E-state index contributed by atoms with van der Waals surface area (Å²) in [5.41, 5.74) is 8.73. The van der Waals surface area contributed by atoms with Gasteiger partial charge in [0.2, 0.25) is 0 Å². The van der Waals surface area contributed by atoms with Gasteiger partial charge in [-0.05, 0) is 37.6 Å². The van der Waals surface area contributed by atoms with E-state index in [0.29, 0.717) is 11.5 Å². The number of aryl methyl sites for hydroxylation is 1. The molecule has 0 saturated heterocycles. The molecule has 2 heterocycles. The first-order chi connectivity index (χ1) is 9.63. The molecule has 0 aliphatic heterocycles. The largest absolute Gasteiger partial charge is 0.389 e. The first kappa shape index (κ1) is 14.4. The van der Waals surface area contributed by atoms with Crippen molar-refractivity contribution in [1.29, 1.82) is 0 Å². The molecule has 2 rings (SSSR count). The van der Waals surface area contributed by atoms with E-state index >= 15 is 0 Å². The molecule has 5 heteroatoms. The molecule has 0 aromatic carbocycles. The van der Waals surface area contributed by atoms with Crippen molar-refractivity contribution in [2.75, 3.05) is 11.4 Å². The first-order valence-corrected chi connectivity index (χ1v) is 6.94. The van der Waals surface area contributed by atoms with E-state index in [2.05, 4.69) is 21.8 Å². The van der Waals surface area contributed by atoms with Gasteiger partial charge in [-0.3, -0.25) is 4.98 Å². The standard InChI is InChI=1S/C15H18N4S/c1-3-19(10-12-6-4-5-8-17-12)15-13(14(16)20)11(2)7-9-18-15/h4-9H,3,10H2,1-2H3,(H2,16,20). The first-order valence-electron chi connectivity index (χ1n) is 6.53. The van der Waals surface area contributed by atoms with Gasteiger partial charge in [-0.15, -0.1) is 0 Å². The van der Waals surface area contributed by atoms with E-state index in [0.717, 1.165) is 29.2 Å². The van der Waals surface area contributed by atoms with Gasteiger partial charge in [0.05, 0.1) is 17.8 Å². The summed E-state index contributed by atoms with van der Waals surface area (Å²) >= 11 is 5.16. The Balaban J connectivity index is 2.37. The summed E-state index contributed by atoms with van der Waals surface area (Å²) in [6.07, 6.45) is 3.58. The fourth-order valence-electron chi connectivity index (χ4n) is 2.11. The van der Waals surface area contributed by atoms with Crippen molar-refractivity contribution in [3.05, 3.63) is 53.5 Å². The minimum Gasteiger partial charge on any atom is -0.389 e. The Morgan fingerprint density at radius 2 is 2.05 bits per heavy atom. The van der Waals surface area contributed by atoms with Crippen LogP contribution in [0.15, 0.2) is 36.7 Å². The van der Waals surface area contributed by atoms with Crippen LogP contribution in [0.2, 0.25) is 0 Å². The van der Waals surface area contributed by atoms with Gasteiger partial charge in [0.25, 0.3) is 0 Å².